The lowest BCUT2D eigenvalue weighted by molar-refractivity contribution is 1.15. The van der Waals surface area contributed by atoms with Gasteiger partial charge < -0.3 is 0 Å². The Morgan fingerprint density at radius 1 is 0.633 bits per heavy atom. The van der Waals surface area contributed by atoms with Gasteiger partial charge in [-0.25, -0.2) is 0 Å². The zero-order chi connectivity index (χ0) is 20.1. The van der Waals surface area contributed by atoms with Crippen LogP contribution < -0.4 is 0 Å². The molecule has 0 spiro atoms. The highest BCUT2D eigenvalue weighted by atomic mass is 14.6. The molecular formula is C28H20N2. The molecule has 0 saturated carbocycles. The van der Waals surface area contributed by atoms with Crippen molar-refractivity contribution in [2.75, 3.05) is 0 Å². The molecule has 30 heavy (non-hydrogen) atoms. The van der Waals surface area contributed by atoms with Gasteiger partial charge in [0, 0.05) is 30.4 Å². The first kappa shape index (κ1) is 17.1. The highest BCUT2D eigenvalue weighted by molar-refractivity contribution is 6.28. The zero-order valence-electron chi connectivity index (χ0n) is 16.8. The van der Waals surface area contributed by atoms with E-state index in [1.165, 1.54) is 54.6 Å². The summed E-state index contributed by atoms with van der Waals surface area (Å²) in [5.41, 5.74) is 6.15. The molecule has 6 aromatic rings. The van der Waals surface area contributed by atoms with Crippen LogP contribution in [0.15, 0.2) is 91.5 Å². The summed E-state index contributed by atoms with van der Waals surface area (Å²) >= 11 is 0. The molecule has 6 rings (SSSR count). The Labute approximate surface area is 175 Å². The molecule has 0 aliphatic rings. The van der Waals surface area contributed by atoms with E-state index < -0.39 is 0 Å². The zero-order valence-corrected chi connectivity index (χ0v) is 16.8. The van der Waals surface area contributed by atoms with Crippen molar-refractivity contribution in [3.8, 4) is 22.3 Å². The lowest BCUT2D eigenvalue weighted by Crippen LogP contribution is -1.92. The summed E-state index contributed by atoms with van der Waals surface area (Å²) in [5.74, 6) is 0. The van der Waals surface area contributed by atoms with E-state index in [2.05, 4.69) is 77.6 Å². The molecule has 2 heterocycles. The summed E-state index contributed by atoms with van der Waals surface area (Å²) < 4.78 is 0. The Kier molecular flexibility index (Phi) is 3.78. The fourth-order valence-corrected chi connectivity index (χ4v) is 4.72. The van der Waals surface area contributed by atoms with Gasteiger partial charge >= 0.3 is 0 Å². The highest BCUT2D eigenvalue weighted by Crippen LogP contribution is 2.43. The van der Waals surface area contributed by atoms with Crippen molar-refractivity contribution in [2.45, 2.75) is 13.3 Å². The van der Waals surface area contributed by atoms with Gasteiger partial charge in [-0.2, -0.15) is 0 Å². The maximum atomic E-state index is 4.39. The predicted molar refractivity (Wildman–Crippen MR) is 126 cm³/mol. The van der Waals surface area contributed by atoms with Crippen LogP contribution >= 0.6 is 0 Å². The number of rotatable bonds is 3. The van der Waals surface area contributed by atoms with Crippen LogP contribution in [0.1, 0.15) is 12.5 Å². The molecule has 0 saturated heterocycles. The predicted octanol–water partition coefficient (Wildman–Crippen LogP) is 7.27. The molecule has 0 unspecified atom stereocenters. The lowest BCUT2D eigenvalue weighted by atomic mass is 9.85. The summed E-state index contributed by atoms with van der Waals surface area (Å²) in [7, 11) is 0. The Morgan fingerprint density at radius 3 is 1.97 bits per heavy atom. The molecule has 2 aromatic heterocycles. The van der Waals surface area contributed by atoms with Crippen LogP contribution in [0.4, 0.5) is 0 Å². The van der Waals surface area contributed by atoms with Crippen molar-refractivity contribution in [3.05, 3.63) is 97.1 Å². The molecule has 0 atom stereocenters. The van der Waals surface area contributed by atoms with Gasteiger partial charge in [0.05, 0.1) is 0 Å². The first-order valence-corrected chi connectivity index (χ1v) is 10.4. The van der Waals surface area contributed by atoms with E-state index in [0.29, 0.717) is 0 Å². The van der Waals surface area contributed by atoms with Crippen LogP contribution in [-0.2, 0) is 6.42 Å². The van der Waals surface area contributed by atoms with E-state index in [4.69, 9.17) is 0 Å². The first-order chi connectivity index (χ1) is 14.8. The Bertz CT molecular complexity index is 1400. The summed E-state index contributed by atoms with van der Waals surface area (Å²) in [4.78, 5) is 8.61. The van der Waals surface area contributed by atoms with Gasteiger partial charge in [-0.05, 0) is 85.3 Å². The van der Waals surface area contributed by atoms with Gasteiger partial charge in [0.15, 0.2) is 0 Å². The third-order valence-electron chi connectivity index (χ3n) is 6.15. The Morgan fingerprint density at radius 2 is 1.33 bits per heavy atom. The van der Waals surface area contributed by atoms with Gasteiger partial charge in [-0.3, -0.25) is 9.97 Å². The van der Waals surface area contributed by atoms with Crippen LogP contribution in [0.2, 0.25) is 0 Å². The van der Waals surface area contributed by atoms with Crippen molar-refractivity contribution in [2.24, 2.45) is 0 Å². The van der Waals surface area contributed by atoms with Gasteiger partial charge in [0.1, 0.15) is 0 Å². The van der Waals surface area contributed by atoms with E-state index in [1.54, 1.807) is 0 Å². The molecule has 2 nitrogen and oxygen atoms in total. The number of aromatic nitrogens is 2. The molecule has 4 aromatic carbocycles. The molecule has 0 bridgehead atoms. The molecule has 0 aliphatic carbocycles. The minimum absolute atomic E-state index is 1.04. The third-order valence-corrected chi connectivity index (χ3v) is 6.15. The molecular weight excluding hydrogens is 364 g/mol. The highest BCUT2D eigenvalue weighted by Gasteiger charge is 2.16. The quantitative estimate of drug-likeness (QED) is 0.300. The van der Waals surface area contributed by atoms with Gasteiger partial charge in [0.25, 0.3) is 0 Å². The number of pyridine rings is 2. The van der Waals surface area contributed by atoms with E-state index >= 15 is 0 Å². The molecule has 0 fully saturated rings. The maximum Gasteiger partial charge on any atom is 0.0346 e. The topological polar surface area (TPSA) is 25.8 Å². The molecule has 0 amide bonds. The first-order valence-electron chi connectivity index (χ1n) is 10.4. The number of benzene rings is 4. The second-order valence-electron chi connectivity index (χ2n) is 7.82. The number of hydrogen-bond acceptors (Lipinski definition) is 2. The van der Waals surface area contributed by atoms with Crippen LogP contribution in [0.25, 0.3) is 54.6 Å². The number of nitrogens with zero attached hydrogens (tertiary/aromatic N) is 2. The van der Waals surface area contributed by atoms with Crippen molar-refractivity contribution in [3.63, 3.8) is 0 Å². The third kappa shape index (κ3) is 2.50. The molecule has 0 aliphatic heterocycles. The van der Waals surface area contributed by atoms with Gasteiger partial charge in [0.2, 0.25) is 0 Å². The van der Waals surface area contributed by atoms with Crippen molar-refractivity contribution >= 4 is 32.3 Å². The van der Waals surface area contributed by atoms with Crippen molar-refractivity contribution in [1.29, 1.82) is 0 Å². The fraction of sp³-hybridized carbons (Fsp3) is 0.0714. The van der Waals surface area contributed by atoms with Crippen LogP contribution in [-0.4, -0.2) is 9.97 Å². The van der Waals surface area contributed by atoms with Crippen molar-refractivity contribution in [1.82, 2.24) is 9.97 Å². The molecule has 2 heteroatoms. The summed E-state index contributed by atoms with van der Waals surface area (Å²) in [5, 5.41) is 7.87. The fourth-order valence-electron chi connectivity index (χ4n) is 4.72. The maximum absolute atomic E-state index is 4.39. The average molecular weight is 384 g/mol. The number of aryl methyl sites for hydroxylation is 1. The average Bonchev–Trinajstić information content (AvgIpc) is 2.83. The van der Waals surface area contributed by atoms with E-state index in [0.717, 1.165) is 12.0 Å². The van der Waals surface area contributed by atoms with Gasteiger partial charge in [-0.15, -0.1) is 0 Å². The van der Waals surface area contributed by atoms with Crippen LogP contribution in [0, 0.1) is 0 Å². The van der Waals surface area contributed by atoms with E-state index in [9.17, 15) is 0 Å². The summed E-state index contributed by atoms with van der Waals surface area (Å²) in [6.45, 7) is 2.22. The van der Waals surface area contributed by atoms with E-state index in [1.807, 2.05) is 30.9 Å². The van der Waals surface area contributed by atoms with Crippen LogP contribution in [0.5, 0.6) is 0 Å². The van der Waals surface area contributed by atoms with E-state index in [-0.39, 0.29) is 0 Å². The van der Waals surface area contributed by atoms with Crippen molar-refractivity contribution < 1.29 is 0 Å². The largest absolute Gasteiger partial charge is 0.265 e. The minimum Gasteiger partial charge on any atom is -0.265 e. The van der Waals surface area contributed by atoms with Gasteiger partial charge in [-0.1, -0.05) is 49.4 Å². The second kappa shape index (κ2) is 6.64. The summed E-state index contributed by atoms with van der Waals surface area (Å²) in [6.07, 6.45) is 8.56. The summed E-state index contributed by atoms with van der Waals surface area (Å²) in [6, 6.07) is 24.4. The second-order valence-corrected chi connectivity index (χ2v) is 7.82. The number of hydrogen-bond donors (Lipinski definition) is 0. The Hall–Kier alpha value is -3.78. The normalized spacial score (nSPS) is 11.6. The molecule has 0 N–H and O–H groups in total. The van der Waals surface area contributed by atoms with Crippen LogP contribution in [0.3, 0.4) is 0 Å². The Balaban J connectivity index is 1.83. The molecule has 0 radical (unpaired) electrons. The minimum atomic E-state index is 1.04. The standard InChI is InChI=1S/C28H20N2/c1-2-18-14-20-5-7-23-25(19-9-12-29-13-10-19)16-26(22-4-3-11-30-17-22)24-8-6-21(15-18)27(20)28(23)24/h3-17H,2H2,1H3. The monoisotopic (exact) mass is 384 g/mol. The lowest BCUT2D eigenvalue weighted by Gasteiger charge is -2.18. The molecule has 142 valence electrons. The smallest absolute Gasteiger partial charge is 0.0346 e. The SMILES string of the molecule is CCc1cc2ccc3c(-c4ccncc4)cc(-c4cccnc4)c4ccc(c1)c2c34.